The Hall–Kier alpha value is -2.62. The van der Waals surface area contributed by atoms with E-state index in [-0.39, 0.29) is 17.3 Å². The number of sulfonamides is 1. The van der Waals surface area contributed by atoms with E-state index < -0.39 is 10.0 Å². The van der Waals surface area contributed by atoms with Crippen molar-refractivity contribution in [3.05, 3.63) is 54.6 Å². The van der Waals surface area contributed by atoms with Gasteiger partial charge in [-0.25, -0.2) is 8.42 Å². The SMILES string of the molecule is COc1cccc(N(CC(=O)NCCCN2CCN(C)CC2)S(=O)(=O)c2ccccc2)c1. The number of anilines is 1. The molecule has 8 nitrogen and oxygen atoms in total. The normalized spacial score (nSPS) is 15.3. The summed E-state index contributed by atoms with van der Waals surface area (Å²) in [6.45, 7) is 5.28. The van der Waals surface area contributed by atoms with Gasteiger partial charge in [-0.3, -0.25) is 9.10 Å². The Labute approximate surface area is 190 Å². The molecular weight excluding hydrogens is 428 g/mol. The standard InChI is InChI=1S/C23H32N4O4S/c1-25-14-16-26(17-15-25)13-7-12-24-23(28)19-27(20-8-6-9-21(18-20)31-2)32(29,30)22-10-4-3-5-11-22/h3-6,8-11,18H,7,12-17,19H2,1-2H3,(H,24,28). The fourth-order valence-electron chi connectivity index (χ4n) is 3.59. The molecule has 0 bridgehead atoms. The summed E-state index contributed by atoms with van der Waals surface area (Å²) in [5, 5.41) is 2.87. The van der Waals surface area contributed by atoms with E-state index in [4.69, 9.17) is 4.74 Å². The van der Waals surface area contributed by atoms with E-state index >= 15 is 0 Å². The molecule has 1 heterocycles. The molecule has 0 aliphatic carbocycles. The second-order valence-corrected chi connectivity index (χ2v) is 9.74. The third-order valence-corrected chi connectivity index (χ3v) is 7.32. The smallest absolute Gasteiger partial charge is 0.264 e. The van der Waals surface area contributed by atoms with Gasteiger partial charge in [0.15, 0.2) is 0 Å². The van der Waals surface area contributed by atoms with E-state index in [1.165, 1.54) is 19.2 Å². The number of nitrogens with one attached hydrogen (secondary N) is 1. The minimum absolute atomic E-state index is 0.130. The summed E-state index contributed by atoms with van der Waals surface area (Å²) in [6.07, 6.45) is 0.819. The van der Waals surface area contributed by atoms with Crippen LogP contribution in [-0.2, 0) is 14.8 Å². The van der Waals surface area contributed by atoms with Crippen LogP contribution in [0.15, 0.2) is 59.5 Å². The van der Waals surface area contributed by atoms with Crippen molar-refractivity contribution in [2.24, 2.45) is 0 Å². The number of piperazine rings is 1. The molecule has 0 saturated carbocycles. The van der Waals surface area contributed by atoms with Crippen LogP contribution >= 0.6 is 0 Å². The summed E-state index contributed by atoms with van der Waals surface area (Å²) in [6, 6.07) is 14.8. The Kier molecular flexibility index (Phi) is 8.49. The van der Waals surface area contributed by atoms with E-state index in [0.29, 0.717) is 18.0 Å². The average Bonchev–Trinajstić information content (AvgIpc) is 2.82. The average molecular weight is 461 g/mol. The van der Waals surface area contributed by atoms with Crippen molar-refractivity contribution < 1.29 is 17.9 Å². The van der Waals surface area contributed by atoms with Gasteiger partial charge in [-0.2, -0.15) is 0 Å². The summed E-state index contributed by atoms with van der Waals surface area (Å²) in [7, 11) is -0.287. The van der Waals surface area contributed by atoms with E-state index in [2.05, 4.69) is 22.2 Å². The molecule has 1 aliphatic heterocycles. The summed E-state index contributed by atoms with van der Waals surface area (Å²) in [4.78, 5) is 17.5. The van der Waals surface area contributed by atoms with E-state index in [0.717, 1.165) is 43.4 Å². The molecule has 1 aliphatic rings. The van der Waals surface area contributed by atoms with Gasteiger partial charge in [-0.15, -0.1) is 0 Å². The van der Waals surface area contributed by atoms with Crippen LogP contribution in [0.5, 0.6) is 5.75 Å². The minimum Gasteiger partial charge on any atom is -0.497 e. The Morgan fingerprint density at radius 2 is 1.78 bits per heavy atom. The van der Waals surface area contributed by atoms with Crippen LogP contribution < -0.4 is 14.4 Å². The molecule has 1 fully saturated rings. The van der Waals surface area contributed by atoms with Crippen LogP contribution in [0, 0.1) is 0 Å². The van der Waals surface area contributed by atoms with Crippen molar-refractivity contribution in [1.29, 1.82) is 0 Å². The second kappa shape index (κ2) is 11.3. The lowest BCUT2D eigenvalue weighted by molar-refractivity contribution is -0.119. The van der Waals surface area contributed by atoms with Gasteiger partial charge in [-0.1, -0.05) is 24.3 Å². The number of amides is 1. The quantitative estimate of drug-likeness (QED) is 0.543. The Bertz CT molecular complexity index is 977. The third-order valence-electron chi connectivity index (χ3n) is 5.53. The molecule has 32 heavy (non-hydrogen) atoms. The highest BCUT2D eigenvalue weighted by atomic mass is 32.2. The molecule has 0 aromatic heterocycles. The number of carbonyl (C=O) groups excluding carboxylic acids is 1. The highest BCUT2D eigenvalue weighted by Crippen LogP contribution is 2.26. The number of hydrogen-bond acceptors (Lipinski definition) is 6. The molecular formula is C23H32N4O4S. The molecule has 0 spiro atoms. The topological polar surface area (TPSA) is 82.2 Å². The zero-order chi connectivity index (χ0) is 23.0. The number of methoxy groups -OCH3 is 1. The van der Waals surface area contributed by atoms with E-state index in [9.17, 15) is 13.2 Å². The Morgan fingerprint density at radius 1 is 1.06 bits per heavy atom. The maximum atomic E-state index is 13.3. The monoisotopic (exact) mass is 460 g/mol. The van der Waals surface area contributed by atoms with Crippen molar-refractivity contribution in [2.45, 2.75) is 11.3 Å². The molecule has 0 atom stereocenters. The molecule has 0 radical (unpaired) electrons. The molecule has 174 valence electrons. The summed E-state index contributed by atoms with van der Waals surface area (Å²) in [5.41, 5.74) is 0.376. The van der Waals surface area contributed by atoms with Crippen LogP contribution in [0.4, 0.5) is 5.69 Å². The Morgan fingerprint density at radius 3 is 2.47 bits per heavy atom. The molecule has 2 aromatic rings. The fraction of sp³-hybridized carbons (Fsp3) is 0.435. The van der Waals surface area contributed by atoms with Crippen LogP contribution in [-0.4, -0.2) is 84.1 Å². The van der Waals surface area contributed by atoms with Crippen molar-refractivity contribution in [1.82, 2.24) is 15.1 Å². The van der Waals surface area contributed by atoms with Crippen molar-refractivity contribution in [2.75, 3.05) is 64.3 Å². The lowest BCUT2D eigenvalue weighted by atomic mass is 10.3. The predicted molar refractivity (Wildman–Crippen MR) is 126 cm³/mol. The van der Waals surface area contributed by atoms with Gasteiger partial charge in [-0.05, 0) is 44.3 Å². The van der Waals surface area contributed by atoms with Gasteiger partial charge >= 0.3 is 0 Å². The Balaban J connectivity index is 1.65. The first-order valence-electron chi connectivity index (χ1n) is 10.8. The van der Waals surface area contributed by atoms with Gasteiger partial charge in [0.1, 0.15) is 12.3 Å². The lowest BCUT2D eigenvalue weighted by Gasteiger charge is -2.32. The zero-order valence-electron chi connectivity index (χ0n) is 18.7. The summed E-state index contributed by atoms with van der Waals surface area (Å²) in [5.74, 6) is 0.175. The summed E-state index contributed by atoms with van der Waals surface area (Å²) < 4.78 is 33.0. The van der Waals surface area contributed by atoms with Crippen LogP contribution in [0.25, 0.3) is 0 Å². The van der Waals surface area contributed by atoms with Gasteiger partial charge in [0.2, 0.25) is 5.91 Å². The fourth-order valence-corrected chi connectivity index (χ4v) is 5.02. The number of carbonyl (C=O) groups is 1. The molecule has 1 saturated heterocycles. The first kappa shape index (κ1) is 24.0. The zero-order valence-corrected chi connectivity index (χ0v) is 19.6. The maximum absolute atomic E-state index is 13.3. The van der Waals surface area contributed by atoms with Crippen molar-refractivity contribution in [3.8, 4) is 5.75 Å². The van der Waals surface area contributed by atoms with Crippen molar-refractivity contribution >= 4 is 21.6 Å². The van der Waals surface area contributed by atoms with Crippen LogP contribution in [0.1, 0.15) is 6.42 Å². The van der Waals surface area contributed by atoms with Gasteiger partial charge in [0, 0.05) is 38.8 Å². The first-order valence-corrected chi connectivity index (χ1v) is 12.2. The molecule has 1 amide bonds. The number of ether oxygens (including phenoxy) is 1. The number of hydrogen-bond donors (Lipinski definition) is 1. The number of rotatable bonds is 10. The second-order valence-electron chi connectivity index (χ2n) is 7.87. The summed E-state index contributed by atoms with van der Waals surface area (Å²) >= 11 is 0. The largest absolute Gasteiger partial charge is 0.497 e. The number of benzene rings is 2. The van der Waals surface area contributed by atoms with Gasteiger partial charge in [0.25, 0.3) is 10.0 Å². The van der Waals surface area contributed by atoms with Gasteiger partial charge < -0.3 is 19.9 Å². The number of likely N-dealkylation sites (N-methyl/N-ethyl adjacent to an activating group) is 1. The molecule has 3 rings (SSSR count). The molecule has 2 aromatic carbocycles. The predicted octanol–water partition coefficient (Wildman–Crippen LogP) is 1.64. The maximum Gasteiger partial charge on any atom is 0.264 e. The molecule has 0 unspecified atom stereocenters. The highest BCUT2D eigenvalue weighted by molar-refractivity contribution is 7.92. The minimum atomic E-state index is -3.92. The van der Waals surface area contributed by atoms with E-state index in [1.54, 1.807) is 42.5 Å². The molecule has 9 heteroatoms. The number of nitrogens with zero attached hydrogens (tertiary/aromatic N) is 3. The lowest BCUT2D eigenvalue weighted by Crippen LogP contribution is -2.45. The highest BCUT2D eigenvalue weighted by Gasteiger charge is 2.27. The van der Waals surface area contributed by atoms with Crippen LogP contribution in [0.2, 0.25) is 0 Å². The van der Waals surface area contributed by atoms with Gasteiger partial charge in [0.05, 0.1) is 17.7 Å². The van der Waals surface area contributed by atoms with E-state index in [1.807, 2.05) is 0 Å². The third kappa shape index (κ3) is 6.44. The van der Waals surface area contributed by atoms with Crippen LogP contribution in [0.3, 0.4) is 0 Å². The molecule has 1 N–H and O–H groups in total. The first-order chi connectivity index (χ1) is 15.4. The van der Waals surface area contributed by atoms with Crippen molar-refractivity contribution in [3.63, 3.8) is 0 Å².